The van der Waals surface area contributed by atoms with Crippen LogP contribution in [-0.4, -0.2) is 42.0 Å². The van der Waals surface area contributed by atoms with Crippen LogP contribution in [0.15, 0.2) is 107 Å². The van der Waals surface area contributed by atoms with Gasteiger partial charge in [-0.2, -0.15) is 0 Å². The van der Waals surface area contributed by atoms with Gasteiger partial charge in [0.1, 0.15) is 11.0 Å². The normalized spacial score (nSPS) is 16.5. The van der Waals surface area contributed by atoms with Crippen molar-refractivity contribution >= 4 is 41.0 Å². The standard InChI is InChI=1S/C33H29ClFN3OS/c34-31-21-25(14-17-36-31)32(39)38-23-33(15-19-37(20-16-33)18-4-7-24-5-2-1-3-6-24)29-22-28(12-13-30(29)38)40-27-10-8-26(35)9-11-27/h1-14,17,21-22H,15-16,18-20,23H2. The van der Waals surface area contributed by atoms with Gasteiger partial charge in [-0.15, -0.1) is 0 Å². The van der Waals surface area contributed by atoms with E-state index in [-0.39, 0.29) is 17.1 Å². The largest absolute Gasteiger partial charge is 0.307 e. The second-order valence-corrected chi connectivity index (χ2v) is 11.9. The van der Waals surface area contributed by atoms with Crippen LogP contribution in [0.5, 0.6) is 0 Å². The van der Waals surface area contributed by atoms with Crippen molar-refractivity contribution in [3.05, 3.63) is 125 Å². The maximum Gasteiger partial charge on any atom is 0.258 e. The van der Waals surface area contributed by atoms with Crippen LogP contribution in [0.2, 0.25) is 5.15 Å². The Hall–Kier alpha value is -3.45. The van der Waals surface area contributed by atoms with Crippen LogP contribution < -0.4 is 4.90 Å². The number of fused-ring (bicyclic) bond motifs is 2. The van der Waals surface area contributed by atoms with Crippen LogP contribution in [-0.2, 0) is 5.41 Å². The van der Waals surface area contributed by atoms with Crippen molar-refractivity contribution < 1.29 is 9.18 Å². The number of piperidine rings is 1. The number of carbonyl (C=O) groups excluding carboxylic acids is 1. The molecular formula is C33H29ClFN3OS. The van der Waals surface area contributed by atoms with Gasteiger partial charge < -0.3 is 4.90 Å². The zero-order valence-electron chi connectivity index (χ0n) is 22.0. The molecule has 1 spiro atoms. The lowest BCUT2D eigenvalue weighted by atomic mass is 9.74. The second kappa shape index (κ2) is 11.6. The van der Waals surface area contributed by atoms with Gasteiger partial charge in [0, 0.05) is 45.7 Å². The van der Waals surface area contributed by atoms with Crippen molar-refractivity contribution in [3.63, 3.8) is 0 Å². The summed E-state index contributed by atoms with van der Waals surface area (Å²) in [5, 5.41) is 0.308. The first-order valence-corrected chi connectivity index (χ1v) is 14.6. The molecule has 7 heteroatoms. The van der Waals surface area contributed by atoms with Gasteiger partial charge in [-0.1, -0.05) is 65.8 Å². The molecule has 0 atom stereocenters. The summed E-state index contributed by atoms with van der Waals surface area (Å²) in [6, 6.07) is 26.6. The van der Waals surface area contributed by atoms with E-state index >= 15 is 0 Å². The zero-order valence-corrected chi connectivity index (χ0v) is 23.5. The molecule has 0 unspecified atom stereocenters. The molecule has 6 rings (SSSR count). The quantitative estimate of drug-likeness (QED) is 0.223. The van der Waals surface area contributed by atoms with Crippen LogP contribution >= 0.6 is 23.4 Å². The highest BCUT2D eigenvalue weighted by atomic mass is 35.5. The van der Waals surface area contributed by atoms with Gasteiger partial charge in [0.2, 0.25) is 0 Å². The second-order valence-electron chi connectivity index (χ2n) is 10.4. The third-order valence-electron chi connectivity index (χ3n) is 7.85. The molecule has 40 heavy (non-hydrogen) atoms. The molecule has 1 saturated heterocycles. The van der Waals surface area contributed by atoms with Crippen molar-refractivity contribution in [3.8, 4) is 0 Å². The minimum absolute atomic E-state index is 0.0606. The van der Waals surface area contributed by atoms with E-state index in [4.69, 9.17) is 11.6 Å². The Kier molecular flexibility index (Phi) is 7.74. The number of anilines is 1. The van der Waals surface area contributed by atoms with Crippen LogP contribution in [0.4, 0.5) is 10.1 Å². The van der Waals surface area contributed by atoms with Crippen molar-refractivity contribution in [2.75, 3.05) is 31.1 Å². The summed E-state index contributed by atoms with van der Waals surface area (Å²) in [5.74, 6) is -0.303. The van der Waals surface area contributed by atoms with Crippen LogP contribution in [0.1, 0.15) is 34.3 Å². The van der Waals surface area contributed by atoms with Gasteiger partial charge in [0.25, 0.3) is 5.91 Å². The molecule has 4 aromatic rings. The summed E-state index contributed by atoms with van der Waals surface area (Å²) >= 11 is 7.74. The highest BCUT2D eigenvalue weighted by Gasteiger charge is 2.46. The van der Waals surface area contributed by atoms with Gasteiger partial charge in [-0.05, 0) is 91.7 Å². The molecule has 202 valence electrons. The smallest absolute Gasteiger partial charge is 0.258 e. The Labute approximate surface area is 243 Å². The molecule has 3 aromatic carbocycles. The number of benzene rings is 3. The predicted molar refractivity (Wildman–Crippen MR) is 161 cm³/mol. The molecule has 0 radical (unpaired) electrons. The molecule has 2 aliphatic heterocycles. The van der Waals surface area contributed by atoms with E-state index in [1.807, 2.05) is 11.0 Å². The van der Waals surface area contributed by atoms with E-state index in [0.717, 1.165) is 48.0 Å². The number of hydrogen-bond acceptors (Lipinski definition) is 4. The number of carbonyl (C=O) groups is 1. The third kappa shape index (κ3) is 5.71. The van der Waals surface area contributed by atoms with Gasteiger partial charge in [0.05, 0.1) is 0 Å². The van der Waals surface area contributed by atoms with Crippen LogP contribution in [0.25, 0.3) is 6.08 Å². The molecular weight excluding hydrogens is 541 g/mol. The number of rotatable bonds is 6. The van der Waals surface area contributed by atoms with Gasteiger partial charge in [-0.3, -0.25) is 9.69 Å². The fourth-order valence-corrected chi connectivity index (χ4v) is 6.75. The number of hydrogen-bond donors (Lipinski definition) is 0. The summed E-state index contributed by atoms with van der Waals surface area (Å²) in [6.07, 6.45) is 7.91. The molecule has 1 fully saturated rings. The monoisotopic (exact) mass is 569 g/mol. The third-order valence-corrected chi connectivity index (χ3v) is 9.05. The van der Waals surface area contributed by atoms with Crippen molar-refractivity contribution in [1.29, 1.82) is 0 Å². The van der Waals surface area contributed by atoms with Gasteiger partial charge in [0.15, 0.2) is 0 Å². The highest BCUT2D eigenvalue weighted by molar-refractivity contribution is 7.99. The minimum atomic E-state index is -0.243. The van der Waals surface area contributed by atoms with E-state index in [1.54, 1.807) is 42.2 Å². The first kappa shape index (κ1) is 26.8. The number of amides is 1. The van der Waals surface area contributed by atoms with Crippen molar-refractivity contribution in [2.24, 2.45) is 0 Å². The fraction of sp³-hybridized carbons (Fsp3) is 0.212. The predicted octanol–water partition coefficient (Wildman–Crippen LogP) is 7.73. The SMILES string of the molecule is O=C(c1ccnc(Cl)c1)N1CC2(CCN(CC=Cc3ccccc3)CC2)c2cc(Sc3ccc(F)cc3)ccc21. The molecule has 4 nitrogen and oxygen atoms in total. The van der Waals surface area contributed by atoms with E-state index in [9.17, 15) is 9.18 Å². The van der Waals surface area contributed by atoms with Crippen molar-refractivity contribution in [2.45, 2.75) is 28.0 Å². The maximum atomic E-state index is 13.7. The van der Waals surface area contributed by atoms with Gasteiger partial charge in [-0.25, -0.2) is 9.37 Å². The summed E-state index contributed by atoms with van der Waals surface area (Å²) in [4.78, 5) is 24.2. The molecule has 0 bridgehead atoms. The highest BCUT2D eigenvalue weighted by Crippen LogP contribution is 2.49. The molecule has 0 N–H and O–H groups in total. The average Bonchev–Trinajstić information content (AvgIpc) is 3.28. The Morgan fingerprint density at radius 3 is 2.48 bits per heavy atom. The average molecular weight is 570 g/mol. The summed E-state index contributed by atoms with van der Waals surface area (Å²) in [5.41, 5.74) is 3.79. The van der Waals surface area contributed by atoms with E-state index < -0.39 is 0 Å². The number of nitrogens with zero attached hydrogens (tertiary/aromatic N) is 3. The maximum absolute atomic E-state index is 13.7. The topological polar surface area (TPSA) is 36.4 Å². The van der Waals surface area contributed by atoms with Gasteiger partial charge >= 0.3 is 0 Å². The van der Waals surface area contributed by atoms with Crippen molar-refractivity contribution in [1.82, 2.24) is 9.88 Å². The first-order valence-electron chi connectivity index (χ1n) is 13.4. The van der Waals surface area contributed by atoms with Crippen LogP contribution in [0.3, 0.4) is 0 Å². The summed E-state index contributed by atoms with van der Waals surface area (Å²) in [7, 11) is 0. The molecule has 0 saturated carbocycles. The van der Waals surface area contributed by atoms with E-state index in [0.29, 0.717) is 17.3 Å². The molecule has 2 aliphatic rings. The lowest BCUT2D eigenvalue weighted by Crippen LogP contribution is -2.46. The lowest BCUT2D eigenvalue weighted by Gasteiger charge is -2.39. The zero-order chi connectivity index (χ0) is 27.5. The summed E-state index contributed by atoms with van der Waals surface area (Å²) < 4.78 is 13.5. The molecule has 1 aromatic heterocycles. The minimum Gasteiger partial charge on any atom is -0.307 e. The summed E-state index contributed by atoms with van der Waals surface area (Å²) in [6.45, 7) is 3.45. The lowest BCUT2D eigenvalue weighted by molar-refractivity contribution is 0.0977. The number of halogens is 2. The Morgan fingerprint density at radius 2 is 1.73 bits per heavy atom. The Bertz CT molecular complexity index is 1540. The number of aromatic nitrogens is 1. The fourth-order valence-electron chi connectivity index (χ4n) is 5.72. The first-order chi connectivity index (χ1) is 19.5. The Balaban J connectivity index is 1.25. The van der Waals surface area contributed by atoms with E-state index in [1.165, 1.54) is 23.3 Å². The molecule has 3 heterocycles. The number of pyridine rings is 1. The molecule has 0 aliphatic carbocycles. The van der Waals surface area contributed by atoms with Crippen LogP contribution in [0, 0.1) is 5.82 Å². The molecule has 1 amide bonds. The van der Waals surface area contributed by atoms with E-state index in [2.05, 4.69) is 64.5 Å². The Morgan fingerprint density at radius 1 is 0.975 bits per heavy atom. The number of likely N-dealkylation sites (tertiary alicyclic amines) is 1.